The summed E-state index contributed by atoms with van der Waals surface area (Å²) in [5.74, 6) is 0. The van der Waals surface area contributed by atoms with E-state index in [4.69, 9.17) is 0 Å². The van der Waals surface area contributed by atoms with Gasteiger partial charge in [0, 0.05) is 9.60 Å². The Morgan fingerprint density at radius 1 is 1.05 bits per heavy atom. The van der Waals surface area contributed by atoms with Gasteiger partial charge in [0.2, 0.25) is 0 Å². The summed E-state index contributed by atoms with van der Waals surface area (Å²) in [5, 5.41) is 3.61. The summed E-state index contributed by atoms with van der Waals surface area (Å²) < 4.78 is 1.35. The smallest absolute Gasteiger partial charge is 0.0658 e. The first-order valence-corrected chi connectivity index (χ1v) is 9.06. The van der Waals surface area contributed by atoms with Crippen LogP contribution in [0, 0.1) is 0 Å². The van der Waals surface area contributed by atoms with Crippen LogP contribution in [0.2, 0.25) is 0 Å². The predicted octanol–water partition coefficient (Wildman–Crippen LogP) is 6.11. The molecule has 0 aliphatic heterocycles. The van der Waals surface area contributed by atoms with Crippen molar-refractivity contribution in [3.63, 3.8) is 0 Å². The van der Waals surface area contributed by atoms with Gasteiger partial charge in [0.15, 0.2) is 0 Å². The summed E-state index contributed by atoms with van der Waals surface area (Å²) in [6.45, 7) is 0. The maximum Gasteiger partial charge on any atom is 0.0658 e. The van der Waals surface area contributed by atoms with Crippen LogP contribution in [0.15, 0.2) is 58.8 Å². The van der Waals surface area contributed by atoms with Crippen molar-refractivity contribution in [2.24, 2.45) is 0 Å². The number of halogens is 1. The molecular weight excluding hydrogens is 336 g/mol. The van der Waals surface area contributed by atoms with E-state index < -0.39 is 0 Å². The van der Waals surface area contributed by atoms with Crippen molar-refractivity contribution in [3.8, 4) is 0 Å². The lowest BCUT2D eigenvalue weighted by Crippen LogP contribution is -1.91. The van der Waals surface area contributed by atoms with Crippen LogP contribution < -0.4 is 0 Å². The number of thioether (sulfide) groups is 1. The van der Waals surface area contributed by atoms with Crippen LogP contribution in [0.1, 0.15) is 16.0 Å². The highest BCUT2D eigenvalue weighted by molar-refractivity contribution is 9.09. The molecule has 96 valence electrons. The van der Waals surface area contributed by atoms with Crippen LogP contribution in [0.5, 0.6) is 0 Å². The quantitative estimate of drug-likeness (QED) is 0.406. The standard InChI is InChI=1S/C16H13BrS2/c1-18-12-8-6-11(7-9-12)16(17)14-10-19-15-5-3-2-4-13(14)15/h2-10,16H,1H3. The van der Waals surface area contributed by atoms with Crippen molar-refractivity contribution in [2.75, 3.05) is 6.26 Å². The highest BCUT2D eigenvalue weighted by Gasteiger charge is 2.14. The molecule has 0 aliphatic rings. The third-order valence-corrected chi connectivity index (χ3v) is 5.94. The van der Waals surface area contributed by atoms with E-state index in [2.05, 4.69) is 76.1 Å². The van der Waals surface area contributed by atoms with Crippen LogP contribution in [0.4, 0.5) is 0 Å². The lowest BCUT2D eigenvalue weighted by atomic mass is 10.0. The molecular formula is C16H13BrS2. The van der Waals surface area contributed by atoms with E-state index in [0.29, 0.717) is 0 Å². The Morgan fingerprint density at radius 2 is 1.79 bits per heavy atom. The first-order chi connectivity index (χ1) is 9.29. The van der Waals surface area contributed by atoms with E-state index in [0.717, 1.165) is 0 Å². The first kappa shape index (κ1) is 13.2. The molecule has 0 spiro atoms. The van der Waals surface area contributed by atoms with Gasteiger partial charge in [0.1, 0.15) is 0 Å². The second kappa shape index (κ2) is 5.70. The summed E-state index contributed by atoms with van der Waals surface area (Å²) in [4.78, 5) is 1.57. The van der Waals surface area contributed by atoms with Crippen molar-refractivity contribution in [1.29, 1.82) is 0 Å². The maximum absolute atomic E-state index is 3.84. The monoisotopic (exact) mass is 348 g/mol. The molecule has 0 aliphatic carbocycles. The van der Waals surface area contributed by atoms with Crippen LogP contribution in [0.3, 0.4) is 0 Å². The molecule has 19 heavy (non-hydrogen) atoms. The third kappa shape index (κ3) is 2.60. The van der Waals surface area contributed by atoms with Gasteiger partial charge in [-0.1, -0.05) is 46.3 Å². The fraction of sp³-hybridized carbons (Fsp3) is 0.125. The molecule has 0 saturated heterocycles. The molecule has 0 saturated carbocycles. The second-order valence-corrected chi connectivity index (χ2v) is 7.03. The van der Waals surface area contributed by atoms with Gasteiger partial charge in [0.25, 0.3) is 0 Å². The molecule has 1 unspecified atom stereocenters. The van der Waals surface area contributed by atoms with E-state index >= 15 is 0 Å². The topological polar surface area (TPSA) is 0 Å². The maximum atomic E-state index is 3.84. The number of alkyl halides is 1. The van der Waals surface area contributed by atoms with E-state index in [1.165, 1.54) is 26.1 Å². The molecule has 3 heteroatoms. The molecule has 1 heterocycles. The predicted molar refractivity (Wildman–Crippen MR) is 90.8 cm³/mol. The van der Waals surface area contributed by atoms with Crippen LogP contribution in [0.25, 0.3) is 10.1 Å². The minimum atomic E-state index is 0.263. The van der Waals surface area contributed by atoms with Crippen molar-refractivity contribution >= 4 is 49.1 Å². The molecule has 0 N–H and O–H groups in total. The summed E-state index contributed by atoms with van der Waals surface area (Å²) in [5.41, 5.74) is 2.67. The van der Waals surface area contributed by atoms with Crippen molar-refractivity contribution in [3.05, 3.63) is 65.0 Å². The molecule has 3 rings (SSSR count). The molecule has 0 radical (unpaired) electrons. The average Bonchev–Trinajstić information content (AvgIpc) is 2.90. The van der Waals surface area contributed by atoms with E-state index in [9.17, 15) is 0 Å². The molecule has 1 atom stereocenters. The minimum Gasteiger partial charge on any atom is -0.143 e. The summed E-state index contributed by atoms with van der Waals surface area (Å²) in [6, 6.07) is 17.4. The van der Waals surface area contributed by atoms with Gasteiger partial charge in [-0.25, -0.2) is 0 Å². The third-order valence-electron chi connectivity index (χ3n) is 3.19. The second-order valence-electron chi connectivity index (χ2n) is 4.32. The average molecular weight is 349 g/mol. The Hall–Kier alpha value is -0.770. The number of rotatable bonds is 3. The summed E-state index contributed by atoms with van der Waals surface area (Å²) >= 11 is 7.43. The zero-order chi connectivity index (χ0) is 13.2. The highest BCUT2D eigenvalue weighted by Crippen LogP contribution is 2.38. The molecule has 0 fully saturated rings. The molecule has 0 amide bonds. The van der Waals surface area contributed by atoms with Gasteiger partial charge in [-0.2, -0.15) is 0 Å². The summed E-state index contributed by atoms with van der Waals surface area (Å²) in [7, 11) is 0. The molecule has 0 bridgehead atoms. The fourth-order valence-corrected chi connectivity index (χ4v) is 4.40. The molecule has 3 aromatic rings. The van der Waals surface area contributed by atoms with Crippen molar-refractivity contribution < 1.29 is 0 Å². The highest BCUT2D eigenvalue weighted by atomic mass is 79.9. The molecule has 1 aromatic heterocycles. The first-order valence-electron chi connectivity index (χ1n) is 6.04. The van der Waals surface area contributed by atoms with Gasteiger partial charge in [-0.15, -0.1) is 23.1 Å². The lowest BCUT2D eigenvalue weighted by molar-refractivity contribution is 1.19. The fourth-order valence-electron chi connectivity index (χ4n) is 2.15. The Morgan fingerprint density at radius 3 is 2.53 bits per heavy atom. The number of benzene rings is 2. The van der Waals surface area contributed by atoms with Crippen molar-refractivity contribution in [2.45, 2.75) is 9.72 Å². The Balaban J connectivity index is 2.00. The van der Waals surface area contributed by atoms with Gasteiger partial charge < -0.3 is 0 Å². The SMILES string of the molecule is CSc1ccc(C(Br)c2csc3ccccc23)cc1. The van der Waals surface area contributed by atoms with Crippen molar-refractivity contribution in [1.82, 2.24) is 0 Å². The van der Waals surface area contributed by atoms with Gasteiger partial charge in [-0.05, 0) is 46.3 Å². The number of hydrogen-bond acceptors (Lipinski definition) is 2. The Bertz CT molecular complexity index is 685. The van der Waals surface area contributed by atoms with Crippen LogP contribution >= 0.6 is 39.0 Å². The van der Waals surface area contributed by atoms with Gasteiger partial charge >= 0.3 is 0 Å². The Kier molecular flexibility index (Phi) is 3.96. The largest absolute Gasteiger partial charge is 0.143 e. The number of thiophene rings is 1. The van der Waals surface area contributed by atoms with E-state index in [-0.39, 0.29) is 4.83 Å². The van der Waals surface area contributed by atoms with Crippen LogP contribution in [-0.2, 0) is 0 Å². The van der Waals surface area contributed by atoms with E-state index in [1.807, 2.05) is 11.3 Å². The molecule has 0 nitrogen and oxygen atoms in total. The number of fused-ring (bicyclic) bond motifs is 1. The van der Waals surface area contributed by atoms with E-state index in [1.54, 1.807) is 11.8 Å². The Labute approximate surface area is 130 Å². The van der Waals surface area contributed by atoms with Gasteiger partial charge in [-0.3, -0.25) is 0 Å². The molecule has 2 aromatic carbocycles. The van der Waals surface area contributed by atoms with Gasteiger partial charge in [0.05, 0.1) is 4.83 Å². The lowest BCUT2D eigenvalue weighted by Gasteiger charge is -2.10. The number of hydrogen-bond donors (Lipinski definition) is 0. The zero-order valence-corrected chi connectivity index (χ0v) is 13.7. The summed E-state index contributed by atoms with van der Waals surface area (Å²) in [6.07, 6.45) is 2.10. The zero-order valence-electron chi connectivity index (χ0n) is 10.5. The normalized spacial score (nSPS) is 12.7. The van der Waals surface area contributed by atoms with Crippen LogP contribution in [-0.4, -0.2) is 6.26 Å². The minimum absolute atomic E-state index is 0.263.